The van der Waals surface area contributed by atoms with Crippen LogP contribution in [0.3, 0.4) is 0 Å². The average molecular weight is 492 g/mol. The summed E-state index contributed by atoms with van der Waals surface area (Å²) in [5.41, 5.74) is 6.29. The van der Waals surface area contributed by atoms with E-state index in [1.165, 1.54) is 25.1 Å². The van der Waals surface area contributed by atoms with Gasteiger partial charge >= 0.3 is 6.18 Å². The van der Waals surface area contributed by atoms with Crippen molar-refractivity contribution in [2.45, 2.75) is 32.6 Å². The molecule has 2 aromatic rings. The number of benzene rings is 2. The van der Waals surface area contributed by atoms with Gasteiger partial charge in [0.1, 0.15) is 17.2 Å². The molecule has 188 valence electrons. The first-order valence-electron chi connectivity index (χ1n) is 11.1. The maximum atomic E-state index is 12.8. The lowest BCUT2D eigenvalue weighted by molar-refractivity contribution is -0.137. The maximum absolute atomic E-state index is 12.8. The minimum absolute atomic E-state index is 0.0556. The van der Waals surface area contributed by atoms with Gasteiger partial charge in [-0.05, 0) is 61.4 Å². The van der Waals surface area contributed by atoms with E-state index in [1.54, 1.807) is 19.1 Å². The molecule has 1 fully saturated rings. The molecule has 0 radical (unpaired) electrons. The number of nitrogens with two attached hydrogens (primary N) is 1. The molecule has 0 bridgehead atoms. The number of aliphatic imine (C=N–C) groups is 1. The van der Waals surface area contributed by atoms with Crippen molar-refractivity contribution >= 4 is 11.6 Å². The number of aliphatic hydroxyl groups is 1. The van der Waals surface area contributed by atoms with Gasteiger partial charge in [0.25, 0.3) is 5.91 Å². The first kappa shape index (κ1) is 26.2. The van der Waals surface area contributed by atoms with Crippen LogP contribution in [-0.2, 0) is 22.3 Å². The quantitative estimate of drug-likeness (QED) is 0.409. The molecule has 0 aromatic heterocycles. The molecule has 0 spiro atoms. The first-order valence-corrected chi connectivity index (χ1v) is 11.1. The van der Waals surface area contributed by atoms with E-state index in [0.717, 1.165) is 36.3 Å². The predicted molar refractivity (Wildman–Crippen MR) is 125 cm³/mol. The van der Waals surface area contributed by atoms with Crippen molar-refractivity contribution in [1.82, 2.24) is 4.90 Å². The van der Waals surface area contributed by atoms with E-state index < -0.39 is 23.7 Å². The third-order valence-corrected chi connectivity index (χ3v) is 5.41. The highest BCUT2D eigenvalue weighted by atomic mass is 19.4. The highest BCUT2D eigenvalue weighted by Gasteiger charge is 2.30. The van der Waals surface area contributed by atoms with E-state index in [0.29, 0.717) is 25.5 Å². The number of nitrogens with zero attached hydrogens (tertiary/aromatic N) is 2. The highest BCUT2D eigenvalue weighted by molar-refractivity contribution is 6.42. The van der Waals surface area contributed by atoms with Gasteiger partial charge in [0.15, 0.2) is 0 Å². The van der Waals surface area contributed by atoms with E-state index >= 15 is 0 Å². The molecule has 1 saturated heterocycles. The minimum Gasteiger partial charge on any atom is -0.513 e. The number of amides is 1. The zero-order valence-electron chi connectivity index (χ0n) is 19.5. The number of rotatable bonds is 8. The van der Waals surface area contributed by atoms with E-state index in [1.807, 2.05) is 6.07 Å². The molecule has 0 aliphatic carbocycles. The van der Waals surface area contributed by atoms with Gasteiger partial charge < -0.3 is 20.3 Å². The van der Waals surface area contributed by atoms with Gasteiger partial charge in [0, 0.05) is 25.7 Å². The Kier molecular flexibility index (Phi) is 8.52. The van der Waals surface area contributed by atoms with Crippen LogP contribution in [-0.4, -0.2) is 47.9 Å². The van der Waals surface area contributed by atoms with Crippen molar-refractivity contribution in [2.75, 3.05) is 26.3 Å². The minimum atomic E-state index is -4.42. The normalized spacial score (nSPS) is 16.7. The Bertz CT molecular complexity index is 1090. The van der Waals surface area contributed by atoms with Crippen molar-refractivity contribution in [3.05, 3.63) is 71.0 Å². The van der Waals surface area contributed by atoms with E-state index in [-0.39, 0.29) is 17.2 Å². The lowest BCUT2D eigenvalue weighted by Gasteiger charge is -2.28. The summed E-state index contributed by atoms with van der Waals surface area (Å²) in [5.74, 6) is -0.131. The Balaban J connectivity index is 1.91. The van der Waals surface area contributed by atoms with Gasteiger partial charge in [-0.3, -0.25) is 14.7 Å². The molecule has 2 aromatic carbocycles. The standard InChI is InChI=1S/C25H28F3N3O4/c1-16(32)13-23(24(29)33)30-17(2)22-8-7-21(14-18(22)15-31-9-11-34-12-10-31)35-20-5-3-19(4-6-20)25(26,27)28/h3-8,13-14,17,32H,9-12,15H2,1-2H3,(H2,29,33)/b16-13+,30-23+. The number of ether oxygens (including phenoxy) is 2. The zero-order chi connectivity index (χ0) is 25.6. The van der Waals surface area contributed by atoms with Crippen LogP contribution in [0.2, 0.25) is 0 Å². The summed E-state index contributed by atoms with van der Waals surface area (Å²) in [7, 11) is 0. The van der Waals surface area contributed by atoms with Gasteiger partial charge in [0.2, 0.25) is 0 Å². The average Bonchev–Trinajstić information content (AvgIpc) is 2.79. The third-order valence-electron chi connectivity index (χ3n) is 5.41. The topological polar surface area (TPSA) is 97.4 Å². The number of halogens is 3. The van der Waals surface area contributed by atoms with Crippen LogP contribution in [0, 0.1) is 0 Å². The van der Waals surface area contributed by atoms with Gasteiger partial charge in [-0.2, -0.15) is 13.2 Å². The van der Waals surface area contributed by atoms with E-state index in [2.05, 4.69) is 9.89 Å². The number of hydrogen-bond donors (Lipinski definition) is 2. The molecular weight excluding hydrogens is 463 g/mol. The fourth-order valence-corrected chi connectivity index (χ4v) is 3.69. The van der Waals surface area contributed by atoms with Gasteiger partial charge in [-0.1, -0.05) is 6.07 Å². The van der Waals surface area contributed by atoms with Crippen LogP contribution in [0.1, 0.15) is 36.6 Å². The Morgan fingerprint density at radius 2 is 1.83 bits per heavy atom. The fourth-order valence-electron chi connectivity index (χ4n) is 3.69. The molecule has 1 aliphatic heterocycles. The summed E-state index contributed by atoms with van der Waals surface area (Å²) in [4.78, 5) is 18.4. The van der Waals surface area contributed by atoms with Gasteiger partial charge in [-0.15, -0.1) is 0 Å². The lowest BCUT2D eigenvalue weighted by Crippen LogP contribution is -2.36. The van der Waals surface area contributed by atoms with Crippen LogP contribution < -0.4 is 10.5 Å². The van der Waals surface area contributed by atoms with Crippen LogP contribution >= 0.6 is 0 Å². The number of aliphatic hydroxyl groups excluding tert-OH is 1. The Morgan fingerprint density at radius 1 is 1.20 bits per heavy atom. The molecule has 7 nitrogen and oxygen atoms in total. The zero-order valence-corrected chi connectivity index (χ0v) is 19.5. The largest absolute Gasteiger partial charge is 0.513 e. The Labute approximate surface area is 201 Å². The van der Waals surface area contributed by atoms with Gasteiger partial charge in [0.05, 0.1) is 30.6 Å². The highest BCUT2D eigenvalue weighted by Crippen LogP contribution is 2.33. The summed E-state index contributed by atoms with van der Waals surface area (Å²) in [6.45, 7) is 6.47. The molecular formula is C25H28F3N3O4. The lowest BCUT2D eigenvalue weighted by atomic mass is 10.00. The van der Waals surface area contributed by atoms with E-state index in [4.69, 9.17) is 15.2 Å². The van der Waals surface area contributed by atoms with Crippen molar-refractivity contribution in [1.29, 1.82) is 0 Å². The van der Waals surface area contributed by atoms with Crippen molar-refractivity contribution in [3.8, 4) is 11.5 Å². The molecule has 0 saturated carbocycles. The number of primary amides is 1. The number of morpholine rings is 1. The van der Waals surface area contributed by atoms with Crippen LogP contribution in [0.5, 0.6) is 11.5 Å². The molecule has 3 rings (SSSR count). The summed E-state index contributed by atoms with van der Waals surface area (Å²) >= 11 is 0. The molecule has 1 amide bonds. The third kappa shape index (κ3) is 7.56. The number of allylic oxidation sites excluding steroid dienone is 1. The fraction of sp³-hybridized carbons (Fsp3) is 0.360. The second-order valence-corrected chi connectivity index (χ2v) is 8.21. The van der Waals surface area contributed by atoms with Crippen molar-refractivity contribution in [3.63, 3.8) is 0 Å². The second kappa shape index (κ2) is 11.4. The first-order chi connectivity index (χ1) is 16.5. The second-order valence-electron chi connectivity index (χ2n) is 8.21. The smallest absolute Gasteiger partial charge is 0.416 e. The Morgan fingerprint density at radius 3 is 2.40 bits per heavy atom. The number of hydrogen-bond acceptors (Lipinski definition) is 6. The van der Waals surface area contributed by atoms with Crippen LogP contribution in [0.15, 0.2) is 59.3 Å². The molecule has 3 N–H and O–H groups in total. The van der Waals surface area contributed by atoms with Crippen molar-refractivity contribution in [2.24, 2.45) is 10.7 Å². The molecule has 1 aliphatic rings. The summed E-state index contributed by atoms with van der Waals surface area (Å²) in [6.07, 6.45) is -3.21. The number of alkyl halides is 3. The summed E-state index contributed by atoms with van der Waals surface area (Å²) in [5, 5.41) is 9.54. The molecule has 10 heteroatoms. The number of carbonyl (C=O) groups is 1. The van der Waals surface area contributed by atoms with Gasteiger partial charge in [-0.25, -0.2) is 0 Å². The maximum Gasteiger partial charge on any atom is 0.416 e. The van der Waals surface area contributed by atoms with Crippen LogP contribution in [0.4, 0.5) is 13.2 Å². The molecule has 35 heavy (non-hydrogen) atoms. The summed E-state index contributed by atoms with van der Waals surface area (Å²) in [6, 6.07) is 9.32. The molecule has 1 heterocycles. The monoisotopic (exact) mass is 491 g/mol. The predicted octanol–water partition coefficient (Wildman–Crippen LogP) is 4.78. The SMILES string of the molecule is C/C(O)=C\C(=N/C(C)c1ccc(Oc2ccc(C(F)(F)F)cc2)cc1CN1CCOCC1)C(N)=O. The molecule has 1 unspecified atom stereocenters. The Hall–Kier alpha value is -3.37. The van der Waals surface area contributed by atoms with Crippen LogP contribution in [0.25, 0.3) is 0 Å². The van der Waals surface area contributed by atoms with Crippen molar-refractivity contribution < 1.29 is 32.5 Å². The van der Waals surface area contributed by atoms with E-state index in [9.17, 15) is 23.1 Å². The summed E-state index contributed by atoms with van der Waals surface area (Å²) < 4.78 is 49.8. The molecule has 1 atom stereocenters. The number of carbonyl (C=O) groups excluding carboxylic acids is 1.